The van der Waals surface area contributed by atoms with Gasteiger partial charge in [-0.1, -0.05) is 6.92 Å². The van der Waals surface area contributed by atoms with Gasteiger partial charge in [0.05, 0.1) is 6.54 Å². The van der Waals surface area contributed by atoms with Crippen molar-refractivity contribution in [2.24, 2.45) is 5.92 Å². The molecule has 4 heteroatoms. The highest BCUT2D eigenvalue weighted by molar-refractivity contribution is 5.70. The number of carbonyl (C=O) groups is 1. The number of amides is 1. The Morgan fingerprint density at radius 2 is 2.33 bits per heavy atom. The van der Waals surface area contributed by atoms with Crippen molar-refractivity contribution in [3.05, 3.63) is 0 Å². The molecule has 84 valence electrons. The fourth-order valence-electron chi connectivity index (χ4n) is 3.08. The predicted molar refractivity (Wildman–Crippen MR) is 55.6 cm³/mol. The maximum Gasteiger partial charge on any atom is 0.407 e. The summed E-state index contributed by atoms with van der Waals surface area (Å²) in [6.07, 6.45) is 3.53. The first-order chi connectivity index (χ1) is 7.20. The Balaban J connectivity index is 1.83. The summed E-state index contributed by atoms with van der Waals surface area (Å²) in [6.45, 7) is 5.01. The average Bonchev–Trinajstić information content (AvgIpc) is 2.52. The van der Waals surface area contributed by atoms with Crippen LogP contribution in [0.2, 0.25) is 0 Å². The van der Waals surface area contributed by atoms with E-state index in [9.17, 15) is 4.79 Å². The van der Waals surface area contributed by atoms with Crippen LogP contribution in [0.1, 0.15) is 26.2 Å². The van der Waals surface area contributed by atoms with Gasteiger partial charge in [0.2, 0.25) is 0 Å². The molecule has 2 unspecified atom stereocenters. The standard InChI is InChI=1S/C11H18N2O2/c1-8-2-3-9-4-5-13(9)7-11(8)6-12-10(14)15-11/h8-9H,2-7H2,1H3,(H,12,14)/t8?,9?,11-/m0/s1. The molecule has 0 aromatic heterocycles. The molecule has 3 heterocycles. The van der Waals surface area contributed by atoms with Crippen LogP contribution in [0.4, 0.5) is 4.79 Å². The molecular formula is C11H18N2O2. The van der Waals surface area contributed by atoms with Crippen LogP contribution < -0.4 is 5.32 Å². The molecule has 1 spiro atoms. The second-order valence-corrected chi connectivity index (χ2v) is 5.20. The van der Waals surface area contributed by atoms with Gasteiger partial charge in [-0.2, -0.15) is 0 Å². The molecule has 0 bridgehead atoms. The fourth-order valence-corrected chi connectivity index (χ4v) is 3.08. The number of carbonyl (C=O) groups excluding carboxylic acids is 1. The summed E-state index contributed by atoms with van der Waals surface area (Å²) in [6, 6.07) is 0.756. The van der Waals surface area contributed by atoms with Crippen molar-refractivity contribution in [2.75, 3.05) is 19.6 Å². The van der Waals surface area contributed by atoms with E-state index in [0.717, 1.165) is 12.6 Å². The van der Waals surface area contributed by atoms with Gasteiger partial charge >= 0.3 is 6.09 Å². The number of nitrogens with one attached hydrogen (secondary N) is 1. The number of hydrogen-bond donors (Lipinski definition) is 1. The van der Waals surface area contributed by atoms with Crippen LogP contribution in [0.15, 0.2) is 0 Å². The quantitative estimate of drug-likeness (QED) is 0.647. The zero-order chi connectivity index (χ0) is 10.5. The molecule has 4 nitrogen and oxygen atoms in total. The van der Waals surface area contributed by atoms with Crippen LogP contribution in [0.3, 0.4) is 0 Å². The smallest absolute Gasteiger partial charge is 0.407 e. The molecule has 1 N–H and O–H groups in total. The summed E-state index contributed by atoms with van der Waals surface area (Å²) >= 11 is 0. The summed E-state index contributed by atoms with van der Waals surface area (Å²) in [7, 11) is 0. The molecule has 0 aromatic rings. The zero-order valence-electron chi connectivity index (χ0n) is 9.16. The maximum atomic E-state index is 11.2. The molecule has 3 saturated heterocycles. The molecule has 3 atom stereocenters. The van der Waals surface area contributed by atoms with E-state index >= 15 is 0 Å². The summed E-state index contributed by atoms with van der Waals surface area (Å²) in [5.41, 5.74) is -0.244. The van der Waals surface area contributed by atoms with E-state index in [-0.39, 0.29) is 11.7 Å². The number of nitrogens with zero attached hydrogens (tertiary/aromatic N) is 1. The minimum Gasteiger partial charge on any atom is -0.439 e. The number of hydrogen-bond acceptors (Lipinski definition) is 3. The van der Waals surface area contributed by atoms with Crippen LogP contribution in [0, 0.1) is 5.92 Å². The van der Waals surface area contributed by atoms with Crippen LogP contribution in [-0.2, 0) is 4.74 Å². The summed E-state index contributed by atoms with van der Waals surface area (Å²) < 4.78 is 5.54. The summed E-state index contributed by atoms with van der Waals surface area (Å²) in [5, 5.41) is 2.81. The molecule has 0 aromatic carbocycles. The zero-order valence-corrected chi connectivity index (χ0v) is 9.16. The third kappa shape index (κ3) is 1.34. The van der Waals surface area contributed by atoms with Crippen LogP contribution in [0.5, 0.6) is 0 Å². The molecular weight excluding hydrogens is 192 g/mol. The van der Waals surface area contributed by atoms with Crippen molar-refractivity contribution in [1.29, 1.82) is 0 Å². The Labute approximate surface area is 90.0 Å². The van der Waals surface area contributed by atoms with Crippen LogP contribution in [0.25, 0.3) is 0 Å². The van der Waals surface area contributed by atoms with Crippen molar-refractivity contribution in [3.63, 3.8) is 0 Å². The minimum absolute atomic E-state index is 0.235. The Morgan fingerprint density at radius 1 is 1.47 bits per heavy atom. The van der Waals surface area contributed by atoms with E-state index in [0.29, 0.717) is 12.5 Å². The Kier molecular flexibility index (Phi) is 1.96. The molecule has 0 saturated carbocycles. The second kappa shape index (κ2) is 3.11. The summed E-state index contributed by atoms with van der Waals surface area (Å²) in [5.74, 6) is 0.474. The highest BCUT2D eigenvalue weighted by Gasteiger charge is 2.50. The molecule has 1 amide bonds. The van der Waals surface area contributed by atoms with E-state index in [2.05, 4.69) is 17.1 Å². The highest BCUT2D eigenvalue weighted by atomic mass is 16.6. The first-order valence-corrected chi connectivity index (χ1v) is 5.90. The number of fused-ring (bicyclic) bond motifs is 1. The van der Waals surface area contributed by atoms with Crippen molar-refractivity contribution in [1.82, 2.24) is 10.2 Å². The first-order valence-electron chi connectivity index (χ1n) is 5.90. The number of alkyl carbamates (subject to hydrolysis) is 1. The summed E-state index contributed by atoms with van der Waals surface area (Å²) in [4.78, 5) is 13.7. The third-order valence-corrected chi connectivity index (χ3v) is 4.40. The van der Waals surface area contributed by atoms with E-state index in [1.807, 2.05) is 0 Å². The molecule has 15 heavy (non-hydrogen) atoms. The lowest BCUT2D eigenvalue weighted by Gasteiger charge is -2.42. The van der Waals surface area contributed by atoms with Crippen molar-refractivity contribution in [2.45, 2.75) is 37.8 Å². The Hall–Kier alpha value is -0.770. The third-order valence-electron chi connectivity index (χ3n) is 4.40. The van der Waals surface area contributed by atoms with E-state index in [1.54, 1.807) is 0 Å². The monoisotopic (exact) mass is 210 g/mol. The predicted octanol–water partition coefficient (Wildman–Crippen LogP) is 0.969. The SMILES string of the molecule is CC1CCC2CCN2C[C@@]12CNC(=O)O2. The number of ether oxygens (including phenoxy) is 1. The van der Waals surface area contributed by atoms with Crippen molar-refractivity contribution in [3.8, 4) is 0 Å². The van der Waals surface area contributed by atoms with Gasteiger partial charge in [0.1, 0.15) is 5.60 Å². The van der Waals surface area contributed by atoms with Gasteiger partial charge in [0.15, 0.2) is 0 Å². The lowest BCUT2D eigenvalue weighted by atomic mass is 9.86. The average molecular weight is 210 g/mol. The molecule has 3 rings (SSSR count). The molecule has 0 aliphatic carbocycles. The minimum atomic E-state index is -0.244. The largest absolute Gasteiger partial charge is 0.439 e. The van der Waals surface area contributed by atoms with Gasteiger partial charge in [0, 0.05) is 19.1 Å². The molecule has 3 aliphatic rings. The van der Waals surface area contributed by atoms with Crippen molar-refractivity contribution < 1.29 is 9.53 Å². The normalized spacial score (nSPS) is 45.3. The lowest BCUT2D eigenvalue weighted by Crippen LogP contribution is -2.55. The van der Waals surface area contributed by atoms with Crippen LogP contribution in [-0.4, -0.2) is 42.3 Å². The van der Waals surface area contributed by atoms with Gasteiger partial charge in [-0.25, -0.2) is 4.79 Å². The van der Waals surface area contributed by atoms with E-state index in [4.69, 9.17) is 4.74 Å². The highest BCUT2D eigenvalue weighted by Crippen LogP contribution is 2.38. The van der Waals surface area contributed by atoms with Gasteiger partial charge in [-0.15, -0.1) is 0 Å². The molecule has 3 aliphatic heterocycles. The Bertz CT molecular complexity index is 294. The van der Waals surface area contributed by atoms with Gasteiger partial charge in [-0.05, 0) is 25.2 Å². The van der Waals surface area contributed by atoms with Crippen molar-refractivity contribution >= 4 is 6.09 Å². The second-order valence-electron chi connectivity index (χ2n) is 5.20. The Morgan fingerprint density at radius 3 is 2.93 bits per heavy atom. The van der Waals surface area contributed by atoms with Crippen LogP contribution >= 0.6 is 0 Å². The lowest BCUT2D eigenvalue weighted by molar-refractivity contribution is -0.0286. The topological polar surface area (TPSA) is 41.6 Å². The maximum absolute atomic E-state index is 11.2. The number of rotatable bonds is 0. The molecule has 0 radical (unpaired) electrons. The molecule has 3 fully saturated rings. The first kappa shape index (κ1) is 9.46. The van der Waals surface area contributed by atoms with E-state index < -0.39 is 0 Å². The van der Waals surface area contributed by atoms with Gasteiger partial charge < -0.3 is 10.1 Å². The van der Waals surface area contributed by atoms with E-state index in [1.165, 1.54) is 25.8 Å². The van der Waals surface area contributed by atoms with Gasteiger partial charge in [0.25, 0.3) is 0 Å². The fraction of sp³-hybridized carbons (Fsp3) is 0.909. The van der Waals surface area contributed by atoms with Gasteiger partial charge in [-0.3, -0.25) is 4.90 Å².